The molecule has 18 heavy (non-hydrogen) atoms. The van der Waals surface area contributed by atoms with Crippen LogP contribution in [0.15, 0.2) is 35.9 Å². The standard InChI is InChI=1S/C14H22ClN3/c1-4-11(2)14(9-10-18(3)16)17-13-7-5-12(15)6-8-13/h4-8,14,17H,9-10,16H2,1-3H3/b11-4+. The van der Waals surface area contributed by atoms with Gasteiger partial charge >= 0.3 is 0 Å². The Morgan fingerprint density at radius 1 is 1.44 bits per heavy atom. The van der Waals surface area contributed by atoms with Crippen LogP contribution in [0.5, 0.6) is 0 Å². The Hall–Kier alpha value is -1.03. The van der Waals surface area contributed by atoms with Crippen molar-refractivity contribution in [3.8, 4) is 0 Å². The van der Waals surface area contributed by atoms with E-state index in [9.17, 15) is 0 Å². The Morgan fingerprint density at radius 3 is 2.56 bits per heavy atom. The lowest BCUT2D eigenvalue weighted by molar-refractivity contribution is 0.339. The van der Waals surface area contributed by atoms with E-state index in [0.29, 0.717) is 6.04 Å². The van der Waals surface area contributed by atoms with Crippen molar-refractivity contribution in [2.24, 2.45) is 5.84 Å². The fourth-order valence-corrected chi connectivity index (χ4v) is 1.82. The van der Waals surface area contributed by atoms with Crippen molar-refractivity contribution in [3.63, 3.8) is 0 Å². The zero-order valence-electron chi connectivity index (χ0n) is 11.3. The van der Waals surface area contributed by atoms with Crippen LogP contribution in [0.25, 0.3) is 0 Å². The van der Waals surface area contributed by atoms with Gasteiger partial charge in [0.05, 0.1) is 0 Å². The van der Waals surface area contributed by atoms with Gasteiger partial charge in [-0.2, -0.15) is 0 Å². The van der Waals surface area contributed by atoms with Crippen molar-refractivity contribution >= 4 is 17.3 Å². The van der Waals surface area contributed by atoms with Crippen LogP contribution in [0.1, 0.15) is 20.3 Å². The lowest BCUT2D eigenvalue weighted by Crippen LogP contribution is -2.32. The fourth-order valence-electron chi connectivity index (χ4n) is 1.69. The molecule has 0 fully saturated rings. The summed E-state index contributed by atoms with van der Waals surface area (Å²) in [4.78, 5) is 0. The Balaban J connectivity index is 2.69. The summed E-state index contributed by atoms with van der Waals surface area (Å²) in [5.74, 6) is 5.66. The maximum absolute atomic E-state index is 5.88. The van der Waals surface area contributed by atoms with Crippen molar-refractivity contribution < 1.29 is 0 Å². The van der Waals surface area contributed by atoms with Gasteiger partial charge in [0.1, 0.15) is 0 Å². The number of benzene rings is 1. The first-order valence-corrected chi connectivity index (χ1v) is 6.51. The van der Waals surface area contributed by atoms with Crippen LogP contribution in [-0.4, -0.2) is 24.6 Å². The first-order chi connectivity index (χ1) is 8.52. The van der Waals surface area contributed by atoms with E-state index in [0.717, 1.165) is 23.7 Å². The molecule has 3 N–H and O–H groups in total. The molecule has 0 heterocycles. The molecule has 3 nitrogen and oxygen atoms in total. The number of anilines is 1. The summed E-state index contributed by atoms with van der Waals surface area (Å²) >= 11 is 5.88. The highest BCUT2D eigenvalue weighted by molar-refractivity contribution is 6.30. The minimum Gasteiger partial charge on any atom is -0.379 e. The largest absolute Gasteiger partial charge is 0.379 e. The molecule has 1 aromatic carbocycles. The molecule has 100 valence electrons. The predicted molar refractivity (Wildman–Crippen MR) is 79.7 cm³/mol. The SMILES string of the molecule is C/C=C(\C)C(CCN(C)N)Nc1ccc(Cl)cc1. The lowest BCUT2D eigenvalue weighted by Gasteiger charge is -2.22. The molecule has 4 heteroatoms. The van der Waals surface area contributed by atoms with Gasteiger partial charge in [-0.25, -0.2) is 0 Å². The van der Waals surface area contributed by atoms with Gasteiger partial charge in [-0.1, -0.05) is 23.3 Å². The molecule has 0 spiro atoms. The van der Waals surface area contributed by atoms with Crippen molar-refractivity contribution in [3.05, 3.63) is 40.9 Å². The molecule has 0 aliphatic rings. The molecule has 0 aliphatic carbocycles. The molecule has 1 atom stereocenters. The van der Waals surface area contributed by atoms with E-state index in [1.807, 2.05) is 31.3 Å². The van der Waals surface area contributed by atoms with E-state index < -0.39 is 0 Å². The Bertz CT molecular complexity index is 385. The highest BCUT2D eigenvalue weighted by Crippen LogP contribution is 2.18. The topological polar surface area (TPSA) is 41.3 Å². The summed E-state index contributed by atoms with van der Waals surface area (Å²) in [5.41, 5.74) is 2.39. The van der Waals surface area contributed by atoms with Crippen LogP contribution in [-0.2, 0) is 0 Å². The van der Waals surface area contributed by atoms with Crippen molar-refractivity contribution in [1.82, 2.24) is 5.01 Å². The summed E-state index contributed by atoms with van der Waals surface area (Å²) in [6.07, 6.45) is 3.09. The van der Waals surface area contributed by atoms with Crippen molar-refractivity contribution in [1.29, 1.82) is 0 Å². The third kappa shape index (κ3) is 5.08. The Morgan fingerprint density at radius 2 is 2.06 bits per heavy atom. The minimum atomic E-state index is 0.294. The average Bonchev–Trinajstić information content (AvgIpc) is 2.35. The van der Waals surface area contributed by atoms with Crippen molar-refractivity contribution in [2.75, 3.05) is 18.9 Å². The molecule has 0 bridgehead atoms. The van der Waals surface area contributed by atoms with E-state index in [4.69, 9.17) is 17.4 Å². The maximum Gasteiger partial charge on any atom is 0.0483 e. The number of halogens is 1. The highest BCUT2D eigenvalue weighted by atomic mass is 35.5. The second kappa shape index (κ2) is 7.41. The summed E-state index contributed by atoms with van der Waals surface area (Å²) < 4.78 is 0. The third-order valence-corrected chi connectivity index (χ3v) is 3.21. The fraction of sp³-hybridized carbons (Fsp3) is 0.429. The quantitative estimate of drug-likeness (QED) is 0.472. The van der Waals surface area contributed by atoms with Gasteiger partial charge in [0.15, 0.2) is 0 Å². The second-order valence-electron chi connectivity index (χ2n) is 4.51. The van der Waals surface area contributed by atoms with E-state index in [1.165, 1.54) is 5.57 Å². The Labute approximate surface area is 115 Å². The number of nitrogens with two attached hydrogens (primary N) is 1. The summed E-state index contributed by atoms with van der Waals surface area (Å²) in [6, 6.07) is 8.05. The Kier molecular flexibility index (Phi) is 6.19. The first-order valence-electron chi connectivity index (χ1n) is 6.13. The van der Waals surface area contributed by atoms with Crippen molar-refractivity contribution in [2.45, 2.75) is 26.3 Å². The number of allylic oxidation sites excluding steroid dienone is 1. The van der Waals surface area contributed by atoms with Crippen LogP contribution < -0.4 is 11.2 Å². The van der Waals surface area contributed by atoms with Crippen LogP contribution in [0.3, 0.4) is 0 Å². The highest BCUT2D eigenvalue weighted by Gasteiger charge is 2.10. The summed E-state index contributed by atoms with van der Waals surface area (Å²) in [5, 5.41) is 5.96. The molecule has 0 saturated heterocycles. The maximum atomic E-state index is 5.88. The minimum absolute atomic E-state index is 0.294. The van der Waals surface area contributed by atoms with Gasteiger partial charge in [-0.15, -0.1) is 0 Å². The lowest BCUT2D eigenvalue weighted by atomic mass is 10.0. The van der Waals surface area contributed by atoms with Gasteiger partial charge in [0.2, 0.25) is 0 Å². The van der Waals surface area contributed by atoms with Gasteiger partial charge in [0, 0.05) is 30.3 Å². The van der Waals surface area contributed by atoms with Crippen LogP contribution >= 0.6 is 11.6 Å². The molecule has 0 aliphatic heterocycles. The monoisotopic (exact) mass is 267 g/mol. The molecule has 0 amide bonds. The first kappa shape index (κ1) is 15.0. The van der Waals surface area contributed by atoms with E-state index in [2.05, 4.69) is 25.2 Å². The van der Waals surface area contributed by atoms with Gasteiger partial charge < -0.3 is 5.32 Å². The second-order valence-corrected chi connectivity index (χ2v) is 4.94. The predicted octanol–water partition coefficient (Wildman–Crippen LogP) is 3.28. The van der Waals surface area contributed by atoms with Crippen LogP contribution in [0, 0.1) is 0 Å². The summed E-state index contributed by atoms with van der Waals surface area (Å²) in [7, 11) is 1.88. The molecule has 0 aromatic heterocycles. The molecule has 0 radical (unpaired) electrons. The van der Waals surface area contributed by atoms with E-state index in [-0.39, 0.29) is 0 Å². The number of nitrogens with one attached hydrogen (secondary N) is 1. The summed E-state index contributed by atoms with van der Waals surface area (Å²) in [6.45, 7) is 5.03. The number of rotatable bonds is 6. The molecule has 1 rings (SSSR count). The molecule has 0 saturated carbocycles. The molecule has 1 aromatic rings. The zero-order valence-corrected chi connectivity index (χ0v) is 12.0. The average molecular weight is 268 g/mol. The molecular formula is C14H22ClN3. The number of nitrogens with zero attached hydrogens (tertiary/aromatic N) is 1. The van der Waals surface area contributed by atoms with Gasteiger partial charge in [-0.05, 0) is 44.5 Å². The van der Waals surface area contributed by atoms with E-state index >= 15 is 0 Å². The van der Waals surface area contributed by atoms with Gasteiger partial charge in [0.25, 0.3) is 0 Å². The van der Waals surface area contributed by atoms with Crippen LogP contribution in [0.4, 0.5) is 5.69 Å². The third-order valence-electron chi connectivity index (χ3n) is 2.96. The molecular weight excluding hydrogens is 246 g/mol. The number of hydrazine groups is 1. The van der Waals surface area contributed by atoms with E-state index in [1.54, 1.807) is 5.01 Å². The van der Waals surface area contributed by atoms with Gasteiger partial charge in [-0.3, -0.25) is 10.9 Å². The molecule has 1 unspecified atom stereocenters. The smallest absolute Gasteiger partial charge is 0.0483 e. The number of hydrogen-bond acceptors (Lipinski definition) is 3. The zero-order chi connectivity index (χ0) is 13.5. The number of hydrogen-bond donors (Lipinski definition) is 2. The normalized spacial score (nSPS) is 13.8. The van der Waals surface area contributed by atoms with Crippen LogP contribution in [0.2, 0.25) is 5.02 Å².